The van der Waals surface area contributed by atoms with E-state index in [1.54, 1.807) is 12.1 Å². The van der Waals surface area contributed by atoms with Crippen LogP contribution in [0.1, 0.15) is 18.9 Å². The van der Waals surface area contributed by atoms with Crippen molar-refractivity contribution < 1.29 is 18.7 Å². The van der Waals surface area contributed by atoms with E-state index < -0.39 is 17.7 Å². The van der Waals surface area contributed by atoms with E-state index in [0.29, 0.717) is 17.8 Å². The van der Waals surface area contributed by atoms with Crippen molar-refractivity contribution in [2.24, 2.45) is 0 Å². The number of hydrogen-bond acceptors (Lipinski definition) is 5. The van der Waals surface area contributed by atoms with E-state index in [-0.39, 0.29) is 6.61 Å². The predicted octanol–water partition coefficient (Wildman–Crippen LogP) is 5.36. The summed E-state index contributed by atoms with van der Waals surface area (Å²) in [7, 11) is 0. The summed E-state index contributed by atoms with van der Waals surface area (Å²) in [5.74, 6) is -0.00434. The van der Waals surface area contributed by atoms with Gasteiger partial charge in [0.2, 0.25) is 0 Å². The normalized spacial score (nSPS) is 11.8. The molecular formula is C26H22O5. The summed E-state index contributed by atoms with van der Waals surface area (Å²) in [6.07, 6.45) is -0.315. The molecule has 5 heteroatoms. The second-order valence-corrected chi connectivity index (χ2v) is 7.11. The predicted molar refractivity (Wildman–Crippen MR) is 119 cm³/mol. The van der Waals surface area contributed by atoms with Crippen molar-refractivity contribution in [3.05, 3.63) is 101 Å². The first kappa shape index (κ1) is 20.4. The molecule has 0 radical (unpaired) electrons. The zero-order valence-corrected chi connectivity index (χ0v) is 17.1. The molecule has 31 heavy (non-hydrogen) atoms. The second kappa shape index (κ2) is 9.30. The largest absolute Gasteiger partial charge is 0.479 e. The lowest BCUT2D eigenvalue weighted by Crippen LogP contribution is -2.28. The van der Waals surface area contributed by atoms with Gasteiger partial charge in [0.1, 0.15) is 17.9 Å². The van der Waals surface area contributed by atoms with Crippen molar-refractivity contribution in [3.8, 4) is 16.9 Å². The fourth-order valence-corrected chi connectivity index (χ4v) is 3.36. The van der Waals surface area contributed by atoms with E-state index >= 15 is 0 Å². The summed E-state index contributed by atoms with van der Waals surface area (Å²) >= 11 is 0. The topological polar surface area (TPSA) is 65.7 Å². The first-order valence-electron chi connectivity index (χ1n) is 10.1. The number of carbonyl (C=O) groups excluding carboxylic acids is 1. The van der Waals surface area contributed by atoms with Gasteiger partial charge in [0.15, 0.2) is 6.10 Å². The minimum Gasteiger partial charge on any atom is -0.479 e. The second-order valence-electron chi connectivity index (χ2n) is 7.11. The van der Waals surface area contributed by atoms with Crippen LogP contribution in [-0.2, 0) is 16.1 Å². The van der Waals surface area contributed by atoms with Crippen LogP contribution in [0.5, 0.6) is 5.75 Å². The summed E-state index contributed by atoms with van der Waals surface area (Å²) in [6, 6.07) is 25.8. The Bertz CT molecular complexity index is 1230. The molecule has 1 unspecified atom stereocenters. The average Bonchev–Trinajstić information content (AvgIpc) is 2.81. The van der Waals surface area contributed by atoms with E-state index in [2.05, 4.69) is 0 Å². The highest BCUT2D eigenvalue weighted by Crippen LogP contribution is 2.30. The molecule has 0 spiro atoms. The van der Waals surface area contributed by atoms with Crippen LogP contribution in [0.25, 0.3) is 22.1 Å². The molecule has 4 rings (SSSR count). The summed E-state index contributed by atoms with van der Waals surface area (Å²) in [6.45, 7) is 2.04. The standard InChI is InChI=1S/C26H22O5/c1-2-23(26(28)29-17-18-9-5-3-6-10-18)30-20-13-14-21-22(19-11-7-4-8-12-19)16-25(27)31-24(21)15-20/h3-16,23H,2,17H2,1H3. The van der Waals surface area contributed by atoms with E-state index in [9.17, 15) is 9.59 Å². The lowest BCUT2D eigenvalue weighted by molar-refractivity contribution is -0.153. The van der Waals surface area contributed by atoms with Crippen LogP contribution in [0.15, 0.2) is 94.1 Å². The molecule has 3 aromatic carbocycles. The van der Waals surface area contributed by atoms with Gasteiger partial charge >= 0.3 is 11.6 Å². The molecule has 0 fully saturated rings. The monoisotopic (exact) mass is 414 g/mol. The molecule has 156 valence electrons. The van der Waals surface area contributed by atoms with Crippen molar-refractivity contribution in [1.29, 1.82) is 0 Å². The minimum absolute atomic E-state index is 0.187. The van der Waals surface area contributed by atoms with Gasteiger partial charge < -0.3 is 13.9 Å². The van der Waals surface area contributed by atoms with Gasteiger partial charge in [0.05, 0.1) is 0 Å². The van der Waals surface area contributed by atoms with Crippen LogP contribution in [0.2, 0.25) is 0 Å². The van der Waals surface area contributed by atoms with Gasteiger partial charge in [0, 0.05) is 17.5 Å². The van der Waals surface area contributed by atoms with Gasteiger partial charge in [-0.25, -0.2) is 9.59 Å². The average molecular weight is 414 g/mol. The molecule has 0 aliphatic carbocycles. The van der Waals surface area contributed by atoms with Gasteiger partial charge in [-0.05, 0) is 35.2 Å². The number of hydrogen-bond donors (Lipinski definition) is 0. The molecule has 0 amide bonds. The van der Waals surface area contributed by atoms with Gasteiger partial charge in [-0.15, -0.1) is 0 Å². The van der Waals surface area contributed by atoms with Gasteiger partial charge in [-0.3, -0.25) is 0 Å². The van der Waals surface area contributed by atoms with Crippen molar-refractivity contribution in [2.45, 2.75) is 26.1 Å². The highest BCUT2D eigenvalue weighted by molar-refractivity contribution is 5.93. The minimum atomic E-state index is -0.759. The lowest BCUT2D eigenvalue weighted by atomic mass is 10.0. The molecule has 1 heterocycles. The van der Waals surface area contributed by atoms with Crippen LogP contribution in [0, 0.1) is 0 Å². The Balaban J connectivity index is 1.55. The number of esters is 1. The number of carbonyl (C=O) groups is 1. The van der Waals surface area contributed by atoms with E-state index in [4.69, 9.17) is 13.9 Å². The number of ether oxygens (including phenoxy) is 2. The Kier molecular flexibility index (Phi) is 6.13. The zero-order chi connectivity index (χ0) is 21.6. The maximum atomic E-state index is 12.5. The summed E-state index contributed by atoms with van der Waals surface area (Å²) in [5, 5.41) is 0.790. The summed E-state index contributed by atoms with van der Waals surface area (Å²) in [5.41, 5.74) is 2.57. The van der Waals surface area contributed by atoms with E-state index in [1.165, 1.54) is 6.07 Å². The quantitative estimate of drug-likeness (QED) is 0.301. The van der Waals surface area contributed by atoms with Crippen LogP contribution in [0.4, 0.5) is 0 Å². The van der Waals surface area contributed by atoms with Crippen LogP contribution < -0.4 is 10.4 Å². The first-order chi connectivity index (χ1) is 15.1. The Labute approximate surface area is 179 Å². The van der Waals surface area contributed by atoms with Crippen molar-refractivity contribution in [1.82, 2.24) is 0 Å². The number of fused-ring (bicyclic) bond motifs is 1. The highest BCUT2D eigenvalue weighted by Gasteiger charge is 2.21. The Morgan fingerprint density at radius 2 is 1.65 bits per heavy atom. The molecule has 5 nitrogen and oxygen atoms in total. The third-order valence-corrected chi connectivity index (χ3v) is 4.94. The van der Waals surface area contributed by atoms with E-state index in [1.807, 2.05) is 73.7 Å². The van der Waals surface area contributed by atoms with Crippen molar-refractivity contribution in [2.75, 3.05) is 0 Å². The number of rotatable bonds is 7. The molecular weight excluding hydrogens is 392 g/mol. The molecule has 1 atom stereocenters. The Morgan fingerprint density at radius 1 is 0.935 bits per heavy atom. The fourth-order valence-electron chi connectivity index (χ4n) is 3.36. The van der Waals surface area contributed by atoms with Crippen LogP contribution in [0.3, 0.4) is 0 Å². The maximum absolute atomic E-state index is 12.5. The van der Waals surface area contributed by atoms with Crippen molar-refractivity contribution in [3.63, 3.8) is 0 Å². The lowest BCUT2D eigenvalue weighted by Gasteiger charge is -2.17. The fraction of sp³-hybridized carbons (Fsp3) is 0.154. The van der Waals surface area contributed by atoms with Gasteiger partial charge in [-0.2, -0.15) is 0 Å². The summed E-state index contributed by atoms with van der Waals surface area (Å²) < 4.78 is 16.7. The molecule has 0 bridgehead atoms. The SMILES string of the molecule is CCC(Oc1ccc2c(-c3ccccc3)cc(=O)oc2c1)C(=O)OCc1ccccc1. The smallest absolute Gasteiger partial charge is 0.347 e. The van der Waals surface area contributed by atoms with Crippen molar-refractivity contribution >= 4 is 16.9 Å². The molecule has 0 aliphatic rings. The molecule has 0 saturated heterocycles. The Morgan fingerprint density at radius 3 is 2.35 bits per heavy atom. The molecule has 0 saturated carbocycles. The molecule has 1 aromatic heterocycles. The molecule has 0 aliphatic heterocycles. The Hall–Kier alpha value is -3.86. The molecule has 4 aromatic rings. The molecule has 0 N–H and O–H groups in total. The van der Waals surface area contributed by atoms with Crippen LogP contribution >= 0.6 is 0 Å². The third-order valence-electron chi connectivity index (χ3n) is 4.94. The highest BCUT2D eigenvalue weighted by atomic mass is 16.6. The van der Waals surface area contributed by atoms with E-state index in [0.717, 1.165) is 22.1 Å². The maximum Gasteiger partial charge on any atom is 0.347 e. The summed E-state index contributed by atoms with van der Waals surface area (Å²) in [4.78, 5) is 24.6. The van der Waals surface area contributed by atoms with Crippen LogP contribution in [-0.4, -0.2) is 12.1 Å². The van der Waals surface area contributed by atoms with Gasteiger partial charge in [-0.1, -0.05) is 67.6 Å². The first-order valence-corrected chi connectivity index (χ1v) is 10.1. The number of benzene rings is 3. The van der Waals surface area contributed by atoms with Gasteiger partial charge in [0.25, 0.3) is 0 Å². The third kappa shape index (κ3) is 4.83. The zero-order valence-electron chi connectivity index (χ0n) is 17.1.